The molecule has 22 heavy (non-hydrogen) atoms. The Morgan fingerprint density at radius 1 is 1.09 bits per heavy atom. The SMILES string of the molecule is O=C(CCN1C(=O)NC2(CCCC2)C1=O)N1CCCNCC1. The van der Waals surface area contributed by atoms with E-state index in [-0.39, 0.29) is 30.8 Å². The number of nitrogens with one attached hydrogen (secondary N) is 2. The van der Waals surface area contributed by atoms with E-state index in [1.54, 1.807) is 0 Å². The molecule has 1 saturated carbocycles. The number of carbonyl (C=O) groups is 3. The van der Waals surface area contributed by atoms with E-state index >= 15 is 0 Å². The van der Waals surface area contributed by atoms with E-state index in [1.165, 1.54) is 4.90 Å². The molecule has 7 heteroatoms. The van der Waals surface area contributed by atoms with Gasteiger partial charge in [-0.2, -0.15) is 0 Å². The molecule has 2 N–H and O–H groups in total. The molecule has 7 nitrogen and oxygen atoms in total. The van der Waals surface area contributed by atoms with Gasteiger partial charge < -0.3 is 15.5 Å². The molecule has 0 unspecified atom stereocenters. The van der Waals surface area contributed by atoms with Gasteiger partial charge in [0, 0.05) is 32.6 Å². The Kier molecular flexibility index (Phi) is 4.33. The maximum absolute atomic E-state index is 12.5. The highest BCUT2D eigenvalue weighted by Gasteiger charge is 2.52. The summed E-state index contributed by atoms with van der Waals surface area (Å²) >= 11 is 0. The number of nitrogens with zero attached hydrogens (tertiary/aromatic N) is 2. The molecule has 0 atom stereocenters. The van der Waals surface area contributed by atoms with Crippen molar-refractivity contribution in [1.82, 2.24) is 20.4 Å². The van der Waals surface area contributed by atoms with Crippen LogP contribution in [0.1, 0.15) is 38.5 Å². The van der Waals surface area contributed by atoms with Crippen LogP contribution in [0.4, 0.5) is 4.79 Å². The van der Waals surface area contributed by atoms with E-state index in [0.29, 0.717) is 6.54 Å². The molecule has 1 spiro atoms. The second-order valence-electron chi connectivity index (χ2n) is 6.41. The molecular formula is C15H24N4O3. The van der Waals surface area contributed by atoms with Gasteiger partial charge in [-0.3, -0.25) is 14.5 Å². The number of hydrogen-bond acceptors (Lipinski definition) is 4. The first kappa shape index (κ1) is 15.3. The molecule has 3 rings (SSSR count). The molecular weight excluding hydrogens is 284 g/mol. The highest BCUT2D eigenvalue weighted by Crippen LogP contribution is 2.35. The van der Waals surface area contributed by atoms with Gasteiger partial charge in [0.1, 0.15) is 5.54 Å². The van der Waals surface area contributed by atoms with Crippen LogP contribution < -0.4 is 10.6 Å². The summed E-state index contributed by atoms with van der Waals surface area (Å²) in [5.41, 5.74) is -0.674. The average Bonchev–Trinajstić information content (AvgIpc) is 2.92. The van der Waals surface area contributed by atoms with E-state index in [4.69, 9.17) is 0 Å². The lowest BCUT2D eigenvalue weighted by Gasteiger charge is -2.22. The Hall–Kier alpha value is -1.63. The molecule has 3 fully saturated rings. The summed E-state index contributed by atoms with van der Waals surface area (Å²) < 4.78 is 0. The van der Waals surface area contributed by atoms with Crippen LogP contribution in [0.2, 0.25) is 0 Å². The third kappa shape index (κ3) is 2.82. The van der Waals surface area contributed by atoms with E-state index < -0.39 is 5.54 Å². The fraction of sp³-hybridized carbons (Fsp3) is 0.800. The quantitative estimate of drug-likeness (QED) is 0.723. The number of hydrogen-bond donors (Lipinski definition) is 2. The first-order valence-corrected chi connectivity index (χ1v) is 8.25. The summed E-state index contributed by atoms with van der Waals surface area (Å²) in [6, 6.07) is -0.336. The second-order valence-corrected chi connectivity index (χ2v) is 6.41. The van der Waals surface area contributed by atoms with Crippen LogP contribution in [0.3, 0.4) is 0 Å². The van der Waals surface area contributed by atoms with Gasteiger partial charge in [0.15, 0.2) is 0 Å². The lowest BCUT2D eigenvalue weighted by Crippen LogP contribution is -2.44. The molecule has 3 aliphatic rings. The lowest BCUT2D eigenvalue weighted by molar-refractivity contribution is -0.133. The van der Waals surface area contributed by atoms with Crippen LogP contribution in [0.15, 0.2) is 0 Å². The van der Waals surface area contributed by atoms with Crippen LogP contribution in [0.25, 0.3) is 0 Å². The van der Waals surface area contributed by atoms with E-state index in [9.17, 15) is 14.4 Å². The topological polar surface area (TPSA) is 81.8 Å². The number of urea groups is 1. The van der Waals surface area contributed by atoms with Crippen LogP contribution in [0, 0.1) is 0 Å². The van der Waals surface area contributed by atoms with Gasteiger partial charge in [-0.15, -0.1) is 0 Å². The third-order valence-electron chi connectivity index (χ3n) is 4.95. The van der Waals surface area contributed by atoms with E-state index in [0.717, 1.165) is 51.7 Å². The Bertz CT molecular complexity index is 465. The Labute approximate surface area is 130 Å². The maximum atomic E-state index is 12.5. The van der Waals surface area contributed by atoms with Gasteiger partial charge >= 0.3 is 6.03 Å². The van der Waals surface area contributed by atoms with Gasteiger partial charge in [-0.1, -0.05) is 12.8 Å². The van der Waals surface area contributed by atoms with Gasteiger partial charge in [-0.05, 0) is 25.8 Å². The smallest absolute Gasteiger partial charge is 0.325 e. The standard InChI is InChI=1S/C15H24N4O3/c20-12(18-9-3-7-16-8-11-18)4-10-19-13(21)15(17-14(19)22)5-1-2-6-15/h16H,1-11H2,(H,17,22). The van der Waals surface area contributed by atoms with E-state index in [1.807, 2.05) is 4.90 Å². The average molecular weight is 308 g/mol. The zero-order valence-corrected chi connectivity index (χ0v) is 12.9. The first-order chi connectivity index (χ1) is 10.6. The number of rotatable bonds is 3. The van der Waals surface area contributed by atoms with Crippen molar-refractivity contribution in [1.29, 1.82) is 0 Å². The zero-order valence-electron chi connectivity index (χ0n) is 12.9. The van der Waals surface area contributed by atoms with Gasteiger partial charge in [0.2, 0.25) is 5.91 Å². The summed E-state index contributed by atoms with van der Waals surface area (Å²) in [7, 11) is 0. The van der Waals surface area contributed by atoms with Crippen molar-refractivity contribution in [2.75, 3.05) is 32.7 Å². The van der Waals surface area contributed by atoms with E-state index in [2.05, 4.69) is 10.6 Å². The Morgan fingerprint density at radius 2 is 1.86 bits per heavy atom. The second kappa shape index (κ2) is 6.24. The van der Waals surface area contributed by atoms with Gasteiger partial charge in [0.05, 0.1) is 0 Å². The molecule has 4 amide bonds. The Balaban J connectivity index is 1.55. The molecule has 0 aromatic carbocycles. The summed E-state index contributed by atoms with van der Waals surface area (Å²) in [4.78, 5) is 39.9. The highest BCUT2D eigenvalue weighted by molar-refractivity contribution is 6.07. The summed E-state index contributed by atoms with van der Waals surface area (Å²) in [5, 5.41) is 6.10. The summed E-state index contributed by atoms with van der Waals surface area (Å²) in [6.45, 7) is 3.37. The maximum Gasteiger partial charge on any atom is 0.325 e. The predicted octanol–water partition coefficient (Wildman–Crippen LogP) is 0.0630. The number of imide groups is 1. The fourth-order valence-corrected chi connectivity index (χ4v) is 3.66. The molecule has 2 heterocycles. The van der Waals surface area contributed by atoms with Gasteiger partial charge in [0.25, 0.3) is 5.91 Å². The van der Waals surface area contributed by atoms with Crippen molar-refractivity contribution in [3.63, 3.8) is 0 Å². The van der Waals surface area contributed by atoms with Crippen molar-refractivity contribution < 1.29 is 14.4 Å². The number of amides is 4. The van der Waals surface area contributed by atoms with Crippen molar-refractivity contribution >= 4 is 17.8 Å². The third-order valence-corrected chi connectivity index (χ3v) is 4.95. The van der Waals surface area contributed by atoms with Crippen LogP contribution in [-0.2, 0) is 9.59 Å². The molecule has 1 aliphatic carbocycles. The lowest BCUT2D eigenvalue weighted by atomic mass is 9.98. The summed E-state index contributed by atoms with van der Waals surface area (Å²) in [6.07, 6.45) is 4.55. The van der Waals surface area contributed by atoms with Crippen molar-refractivity contribution in [2.24, 2.45) is 0 Å². The molecule has 0 aromatic heterocycles. The van der Waals surface area contributed by atoms with Crippen LogP contribution in [-0.4, -0.2) is 65.9 Å². The largest absolute Gasteiger partial charge is 0.341 e. The molecule has 0 radical (unpaired) electrons. The minimum Gasteiger partial charge on any atom is -0.341 e. The summed E-state index contributed by atoms with van der Waals surface area (Å²) in [5.74, 6) is -0.114. The molecule has 0 aromatic rings. The molecule has 0 bridgehead atoms. The van der Waals surface area contributed by atoms with Crippen LogP contribution >= 0.6 is 0 Å². The normalized spacial score (nSPS) is 24.7. The molecule has 2 aliphatic heterocycles. The first-order valence-electron chi connectivity index (χ1n) is 8.25. The minimum atomic E-state index is -0.674. The predicted molar refractivity (Wildman–Crippen MR) is 80.1 cm³/mol. The monoisotopic (exact) mass is 308 g/mol. The van der Waals surface area contributed by atoms with Crippen molar-refractivity contribution in [3.05, 3.63) is 0 Å². The minimum absolute atomic E-state index is 0.0247. The highest BCUT2D eigenvalue weighted by atomic mass is 16.2. The van der Waals surface area contributed by atoms with Crippen molar-refractivity contribution in [2.45, 2.75) is 44.1 Å². The number of carbonyl (C=O) groups excluding carboxylic acids is 3. The fourth-order valence-electron chi connectivity index (χ4n) is 3.66. The molecule has 2 saturated heterocycles. The van der Waals surface area contributed by atoms with Crippen molar-refractivity contribution in [3.8, 4) is 0 Å². The van der Waals surface area contributed by atoms with Gasteiger partial charge in [-0.25, -0.2) is 4.79 Å². The zero-order chi connectivity index (χ0) is 15.6. The molecule has 122 valence electrons. The Morgan fingerprint density at radius 3 is 2.64 bits per heavy atom. The van der Waals surface area contributed by atoms with Crippen LogP contribution in [0.5, 0.6) is 0 Å².